The quantitative estimate of drug-likeness (QED) is 0.713. The lowest BCUT2D eigenvalue weighted by Gasteiger charge is -2.35. The molecule has 1 aliphatic carbocycles. The van der Waals surface area contributed by atoms with Gasteiger partial charge in [0.15, 0.2) is 0 Å². The predicted molar refractivity (Wildman–Crippen MR) is 60.5 cm³/mol. The minimum atomic E-state index is -0.999. The van der Waals surface area contributed by atoms with Crippen LogP contribution in [-0.4, -0.2) is 32.1 Å². The van der Waals surface area contributed by atoms with E-state index in [9.17, 15) is 9.90 Å². The molecule has 1 amide bonds. The summed E-state index contributed by atoms with van der Waals surface area (Å²) in [5.74, 6) is 0. The minimum absolute atomic E-state index is 0.0546. The van der Waals surface area contributed by atoms with Crippen LogP contribution in [0.1, 0.15) is 31.4 Å². The van der Waals surface area contributed by atoms with Crippen LogP contribution in [0.25, 0.3) is 0 Å². The molecule has 6 nitrogen and oxygen atoms in total. The van der Waals surface area contributed by atoms with Crippen molar-refractivity contribution in [2.24, 2.45) is 7.05 Å². The minimum Gasteiger partial charge on any atom is -0.465 e. The second-order valence-corrected chi connectivity index (χ2v) is 4.60. The number of rotatable bonds is 2. The fourth-order valence-corrected chi connectivity index (χ4v) is 2.50. The Morgan fingerprint density at radius 1 is 1.59 bits per heavy atom. The van der Waals surface area contributed by atoms with Crippen LogP contribution in [-0.2, 0) is 12.6 Å². The summed E-state index contributed by atoms with van der Waals surface area (Å²) in [6, 6.07) is 1.76. The zero-order chi connectivity index (χ0) is 12.5. The molecule has 0 aliphatic heterocycles. The molecule has 6 heteroatoms. The van der Waals surface area contributed by atoms with Gasteiger partial charge in [-0.1, -0.05) is 0 Å². The second kappa shape index (κ2) is 4.37. The van der Waals surface area contributed by atoms with Gasteiger partial charge >= 0.3 is 6.09 Å². The molecule has 0 aromatic carbocycles. The smallest absolute Gasteiger partial charge is 0.404 e. The summed E-state index contributed by atoms with van der Waals surface area (Å²) < 4.78 is 1.67. The van der Waals surface area contributed by atoms with Crippen LogP contribution in [0.4, 0.5) is 4.79 Å². The highest BCUT2D eigenvalue weighted by molar-refractivity contribution is 5.64. The van der Waals surface area contributed by atoms with Crippen molar-refractivity contribution in [3.8, 4) is 0 Å². The van der Waals surface area contributed by atoms with Crippen molar-refractivity contribution in [2.45, 2.75) is 37.3 Å². The molecule has 0 radical (unpaired) electrons. The highest BCUT2D eigenvalue weighted by Crippen LogP contribution is 2.36. The molecule has 0 spiro atoms. The van der Waals surface area contributed by atoms with Crippen LogP contribution >= 0.6 is 0 Å². The lowest BCUT2D eigenvalue weighted by Crippen LogP contribution is -2.42. The summed E-state index contributed by atoms with van der Waals surface area (Å²) in [5, 5.41) is 25.7. The third-order valence-electron chi connectivity index (χ3n) is 3.44. The van der Waals surface area contributed by atoms with Crippen molar-refractivity contribution < 1.29 is 15.0 Å². The summed E-state index contributed by atoms with van der Waals surface area (Å²) in [5.41, 5.74) is -0.0756. The summed E-state index contributed by atoms with van der Waals surface area (Å²) in [6.45, 7) is 0. The normalized spacial score (nSPS) is 28.9. The van der Waals surface area contributed by atoms with E-state index in [1.54, 1.807) is 17.9 Å². The van der Waals surface area contributed by atoms with Gasteiger partial charge < -0.3 is 15.5 Å². The van der Waals surface area contributed by atoms with Crippen molar-refractivity contribution >= 4 is 6.09 Å². The van der Waals surface area contributed by atoms with Crippen molar-refractivity contribution in [1.29, 1.82) is 0 Å². The van der Waals surface area contributed by atoms with Crippen molar-refractivity contribution in [1.82, 2.24) is 15.1 Å². The lowest BCUT2D eigenvalue weighted by molar-refractivity contribution is -0.0149. The van der Waals surface area contributed by atoms with Gasteiger partial charge in [0.1, 0.15) is 5.60 Å². The van der Waals surface area contributed by atoms with Crippen LogP contribution in [0.15, 0.2) is 12.3 Å². The molecule has 1 aromatic rings. The third kappa shape index (κ3) is 2.41. The van der Waals surface area contributed by atoms with E-state index in [1.807, 2.05) is 6.07 Å². The number of nitrogens with zero attached hydrogens (tertiary/aromatic N) is 2. The molecule has 1 saturated carbocycles. The van der Waals surface area contributed by atoms with E-state index in [0.29, 0.717) is 25.7 Å². The molecule has 0 atom stereocenters. The van der Waals surface area contributed by atoms with E-state index in [1.165, 1.54) is 0 Å². The molecule has 94 valence electrons. The molecule has 0 bridgehead atoms. The SMILES string of the molecule is Cn1nccc1C1(O)CCC(NC(=O)O)CC1. The van der Waals surface area contributed by atoms with Crippen molar-refractivity contribution in [3.63, 3.8) is 0 Å². The summed E-state index contributed by atoms with van der Waals surface area (Å²) >= 11 is 0. The topological polar surface area (TPSA) is 87.4 Å². The zero-order valence-corrected chi connectivity index (χ0v) is 9.76. The maximum atomic E-state index is 10.5. The summed E-state index contributed by atoms with van der Waals surface area (Å²) in [6.07, 6.45) is 3.06. The highest BCUT2D eigenvalue weighted by Gasteiger charge is 2.37. The van der Waals surface area contributed by atoms with E-state index in [-0.39, 0.29) is 6.04 Å². The first kappa shape index (κ1) is 11.9. The number of hydrogen-bond acceptors (Lipinski definition) is 3. The molecule has 1 aromatic heterocycles. The molecule has 0 saturated heterocycles. The number of aryl methyl sites for hydroxylation is 1. The van der Waals surface area contributed by atoms with Crippen LogP contribution in [0, 0.1) is 0 Å². The van der Waals surface area contributed by atoms with Crippen molar-refractivity contribution in [2.75, 3.05) is 0 Å². The Kier molecular flexibility index (Phi) is 3.06. The number of amides is 1. The molecule has 17 heavy (non-hydrogen) atoms. The van der Waals surface area contributed by atoms with E-state index in [2.05, 4.69) is 10.4 Å². The largest absolute Gasteiger partial charge is 0.465 e. The van der Waals surface area contributed by atoms with Gasteiger partial charge in [-0.3, -0.25) is 4.68 Å². The predicted octanol–water partition coefficient (Wildman–Crippen LogP) is 0.818. The number of aliphatic hydroxyl groups is 1. The molecular weight excluding hydrogens is 222 g/mol. The average molecular weight is 239 g/mol. The van der Waals surface area contributed by atoms with E-state index < -0.39 is 11.7 Å². The molecule has 3 N–H and O–H groups in total. The Balaban J connectivity index is 2.03. The van der Waals surface area contributed by atoms with Crippen LogP contribution in [0.3, 0.4) is 0 Å². The maximum absolute atomic E-state index is 10.5. The van der Waals surface area contributed by atoms with E-state index in [0.717, 1.165) is 5.69 Å². The molecule has 1 aliphatic rings. The first-order valence-corrected chi connectivity index (χ1v) is 5.71. The van der Waals surface area contributed by atoms with Gasteiger partial charge in [-0.05, 0) is 31.7 Å². The first-order valence-electron chi connectivity index (χ1n) is 5.71. The molecule has 1 fully saturated rings. The van der Waals surface area contributed by atoms with Crippen LogP contribution in [0.2, 0.25) is 0 Å². The van der Waals surface area contributed by atoms with Gasteiger partial charge in [-0.15, -0.1) is 0 Å². The number of hydrogen-bond donors (Lipinski definition) is 3. The Morgan fingerprint density at radius 2 is 2.24 bits per heavy atom. The second-order valence-electron chi connectivity index (χ2n) is 4.60. The Hall–Kier alpha value is -1.56. The molecule has 2 rings (SSSR count). The van der Waals surface area contributed by atoms with Gasteiger partial charge in [-0.25, -0.2) is 4.79 Å². The Bertz CT molecular complexity index is 408. The van der Waals surface area contributed by atoms with Gasteiger partial charge in [0, 0.05) is 19.3 Å². The molecular formula is C11H17N3O3. The summed E-state index contributed by atoms with van der Waals surface area (Å²) in [7, 11) is 1.80. The Morgan fingerprint density at radius 3 is 2.71 bits per heavy atom. The summed E-state index contributed by atoms with van der Waals surface area (Å²) in [4.78, 5) is 10.5. The fraction of sp³-hybridized carbons (Fsp3) is 0.636. The first-order chi connectivity index (χ1) is 8.01. The lowest BCUT2D eigenvalue weighted by atomic mass is 9.80. The van der Waals surface area contributed by atoms with Crippen LogP contribution < -0.4 is 5.32 Å². The van der Waals surface area contributed by atoms with Crippen molar-refractivity contribution in [3.05, 3.63) is 18.0 Å². The third-order valence-corrected chi connectivity index (χ3v) is 3.44. The monoisotopic (exact) mass is 239 g/mol. The molecule has 1 heterocycles. The maximum Gasteiger partial charge on any atom is 0.404 e. The Labute approximate surface area is 99.3 Å². The standard InChI is InChI=1S/C11H17N3O3/c1-14-9(4-7-12-14)11(17)5-2-8(3-6-11)13-10(15)16/h4,7-8,13,17H,2-3,5-6H2,1H3,(H,15,16). The zero-order valence-electron chi connectivity index (χ0n) is 9.76. The highest BCUT2D eigenvalue weighted by atomic mass is 16.4. The van der Waals surface area contributed by atoms with Crippen LogP contribution in [0.5, 0.6) is 0 Å². The van der Waals surface area contributed by atoms with E-state index >= 15 is 0 Å². The molecule has 0 unspecified atom stereocenters. The number of nitrogens with one attached hydrogen (secondary N) is 1. The van der Waals surface area contributed by atoms with Gasteiger partial charge in [-0.2, -0.15) is 5.10 Å². The fourth-order valence-electron chi connectivity index (χ4n) is 2.50. The number of aromatic nitrogens is 2. The number of carboxylic acid groups (broad SMARTS) is 1. The van der Waals surface area contributed by atoms with E-state index in [4.69, 9.17) is 5.11 Å². The van der Waals surface area contributed by atoms with Gasteiger partial charge in [0.25, 0.3) is 0 Å². The number of carbonyl (C=O) groups is 1. The average Bonchev–Trinajstić information content (AvgIpc) is 2.68. The van der Waals surface area contributed by atoms with Gasteiger partial charge in [0.05, 0.1) is 5.69 Å². The van der Waals surface area contributed by atoms with Gasteiger partial charge in [0.2, 0.25) is 0 Å².